The molecule has 1 rings (SSSR count). The minimum Gasteiger partial charge on any atom is -0.393 e. The van der Waals surface area contributed by atoms with E-state index in [0.29, 0.717) is 19.8 Å². The van der Waals surface area contributed by atoms with Gasteiger partial charge in [0, 0.05) is 19.8 Å². The van der Waals surface area contributed by atoms with E-state index in [-0.39, 0.29) is 11.4 Å². The zero-order chi connectivity index (χ0) is 13.4. The van der Waals surface area contributed by atoms with Crippen LogP contribution >= 0.6 is 0 Å². The molecule has 0 radical (unpaired) electrons. The van der Waals surface area contributed by atoms with Crippen molar-refractivity contribution in [2.24, 2.45) is 0 Å². The van der Waals surface area contributed by atoms with Crippen LogP contribution in [0, 0.1) is 10.1 Å². The summed E-state index contributed by atoms with van der Waals surface area (Å²) in [6.07, 6.45) is 1.64. The summed E-state index contributed by atoms with van der Waals surface area (Å²) >= 11 is 0. The number of aryl methyl sites for hydroxylation is 1. The van der Waals surface area contributed by atoms with Gasteiger partial charge >= 0.3 is 0 Å². The molecule has 0 atom stereocenters. The standard InChI is InChI=1S/C12H18N2O4/c1-17-7-8-18-6-2-3-10-4-5-12(14(15)16)11(13)9-10/h4-5,9H,2-3,6-8,13H2,1H3. The highest BCUT2D eigenvalue weighted by molar-refractivity contribution is 5.59. The molecule has 0 fully saturated rings. The molecule has 0 aliphatic carbocycles. The van der Waals surface area contributed by atoms with Gasteiger partial charge in [-0.25, -0.2) is 0 Å². The average Bonchev–Trinajstić information content (AvgIpc) is 2.33. The van der Waals surface area contributed by atoms with Crippen LogP contribution in [-0.2, 0) is 15.9 Å². The van der Waals surface area contributed by atoms with Gasteiger partial charge in [0.1, 0.15) is 5.69 Å². The van der Waals surface area contributed by atoms with E-state index in [1.54, 1.807) is 19.2 Å². The molecule has 0 heterocycles. The first-order chi connectivity index (χ1) is 8.65. The fourth-order valence-electron chi connectivity index (χ4n) is 1.55. The highest BCUT2D eigenvalue weighted by Crippen LogP contribution is 2.22. The first-order valence-electron chi connectivity index (χ1n) is 5.74. The van der Waals surface area contributed by atoms with Gasteiger partial charge < -0.3 is 15.2 Å². The number of rotatable bonds is 8. The second-order valence-electron chi connectivity index (χ2n) is 3.86. The normalized spacial score (nSPS) is 10.5. The summed E-state index contributed by atoms with van der Waals surface area (Å²) in [6.45, 7) is 1.81. The van der Waals surface area contributed by atoms with Crippen molar-refractivity contribution in [2.75, 3.05) is 32.7 Å². The van der Waals surface area contributed by atoms with Crippen LogP contribution in [0.2, 0.25) is 0 Å². The summed E-state index contributed by atoms with van der Waals surface area (Å²) in [7, 11) is 1.63. The van der Waals surface area contributed by atoms with Gasteiger partial charge in [0.15, 0.2) is 0 Å². The van der Waals surface area contributed by atoms with E-state index in [1.807, 2.05) is 0 Å². The van der Waals surface area contributed by atoms with Gasteiger partial charge in [-0.1, -0.05) is 6.07 Å². The molecule has 0 spiro atoms. The third-order valence-electron chi connectivity index (χ3n) is 2.47. The van der Waals surface area contributed by atoms with E-state index in [1.165, 1.54) is 6.07 Å². The topological polar surface area (TPSA) is 87.6 Å². The maximum absolute atomic E-state index is 10.6. The Balaban J connectivity index is 2.35. The Bertz CT molecular complexity index is 396. The molecule has 1 aromatic rings. The van der Waals surface area contributed by atoms with Crippen LogP contribution in [0.4, 0.5) is 11.4 Å². The molecule has 0 amide bonds. The van der Waals surface area contributed by atoms with Crippen LogP contribution in [0.3, 0.4) is 0 Å². The number of hydrogen-bond acceptors (Lipinski definition) is 5. The quantitative estimate of drug-likeness (QED) is 0.330. The number of benzene rings is 1. The molecular weight excluding hydrogens is 236 g/mol. The first-order valence-corrected chi connectivity index (χ1v) is 5.74. The lowest BCUT2D eigenvalue weighted by atomic mass is 10.1. The second-order valence-corrected chi connectivity index (χ2v) is 3.86. The number of nitrogens with two attached hydrogens (primary N) is 1. The molecular formula is C12H18N2O4. The monoisotopic (exact) mass is 254 g/mol. The molecule has 0 saturated carbocycles. The molecule has 100 valence electrons. The third kappa shape index (κ3) is 4.68. The summed E-state index contributed by atoms with van der Waals surface area (Å²) in [5.74, 6) is 0. The smallest absolute Gasteiger partial charge is 0.292 e. The molecule has 0 unspecified atom stereocenters. The second kappa shape index (κ2) is 7.62. The van der Waals surface area contributed by atoms with Crippen molar-refractivity contribution in [2.45, 2.75) is 12.8 Å². The van der Waals surface area contributed by atoms with Crippen molar-refractivity contribution in [1.29, 1.82) is 0 Å². The van der Waals surface area contributed by atoms with E-state index in [4.69, 9.17) is 15.2 Å². The van der Waals surface area contributed by atoms with Crippen LogP contribution in [0.5, 0.6) is 0 Å². The third-order valence-corrected chi connectivity index (χ3v) is 2.47. The summed E-state index contributed by atoms with van der Waals surface area (Å²) in [6, 6.07) is 4.81. The maximum atomic E-state index is 10.6. The van der Waals surface area contributed by atoms with Crippen LogP contribution in [0.25, 0.3) is 0 Å². The number of nitro groups is 1. The molecule has 2 N–H and O–H groups in total. The number of nitrogens with zero attached hydrogens (tertiary/aromatic N) is 1. The Morgan fingerprint density at radius 3 is 2.72 bits per heavy atom. The van der Waals surface area contributed by atoms with Crippen LogP contribution in [0.1, 0.15) is 12.0 Å². The van der Waals surface area contributed by atoms with Crippen LogP contribution in [-0.4, -0.2) is 31.9 Å². The van der Waals surface area contributed by atoms with Crippen molar-refractivity contribution in [3.8, 4) is 0 Å². The lowest BCUT2D eigenvalue weighted by Crippen LogP contribution is -2.04. The molecule has 6 nitrogen and oxygen atoms in total. The average molecular weight is 254 g/mol. The van der Waals surface area contributed by atoms with Crippen molar-refractivity contribution >= 4 is 11.4 Å². The molecule has 1 aromatic carbocycles. The Morgan fingerprint density at radius 2 is 2.11 bits per heavy atom. The maximum Gasteiger partial charge on any atom is 0.292 e. The van der Waals surface area contributed by atoms with Gasteiger partial charge in [-0.15, -0.1) is 0 Å². The highest BCUT2D eigenvalue weighted by Gasteiger charge is 2.10. The van der Waals surface area contributed by atoms with Crippen molar-refractivity contribution < 1.29 is 14.4 Å². The van der Waals surface area contributed by atoms with Crippen molar-refractivity contribution in [1.82, 2.24) is 0 Å². The van der Waals surface area contributed by atoms with Crippen molar-refractivity contribution in [3.05, 3.63) is 33.9 Å². The van der Waals surface area contributed by atoms with Gasteiger partial charge in [0.05, 0.1) is 18.1 Å². The molecule has 18 heavy (non-hydrogen) atoms. The van der Waals surface area contributed by atoms with E-state index in [2.05, 4.69) is 0 Å². The Kier molecular flexibility index (Phi) is 6.10. The largest absolute Gasteiger partial charge is 0.393 e. The summed E-state index contributed by atoms with van der Waals surface area (Å²) in [5, 5.41) is 10.6. The zero-order valence-corrected chi connectivity index (χ0v) is 10.4. The number of nitrogen functional groups attached to an aromatic ring is 1. The fraction of sp³-hybridized carbons (Fsp3) is 0.500. The predicted molar refractivity (Wildman–Crippen MR) is 68.5 cm³/mol. The van der Waals surface area contributed by atoms with Gasteiger partial charge in [-0.2, -0.15) is 0 Å². The summed E-state index contributed by atoms with van der Waals surface area (Å²) in [5.41, 5.74) is 6.74. The van der Waals surface area contributed by atoms with Gasteiger partial charge in [-0.3, -0.25) is 10.1 Å². The van der Waals surface area contributed by atoms with Crippen molar-refractivity contribution in [3.63, 3.8) is 0 Å². The SMILES string of the molecule is COCCOCCCc1ccc([N+](=O)[O-])c(N)c1. The van der Waals surface area contributed by atoms with E-state index >= 15 is 0 Å². The van der Waals surface area contributed by atoms with Crippen LogP contribution in [0.15, 0.2) is 18.2 Å². The highest BCUT2D eigenvalue weighted by atomic mass is 16.6. The Morgan fingerprint density at radius 1 is 1.33 bits per heavy atom. The minimum absolute atomic E-state index is 0.0462. The van der Waals surface area contributed by atoms with Gasteiger partial charge in [0.25, 0.3) is 5.69 Å². The predicted octanol–water partition coefficient (Wildman–Crippen LogP) is 1.77. The summed E-state index contributed by atoms with van der Waals surface area (Å²) < 4.78 is 10.2. The van der Waals surface area contributed by atoms with Crippen LogP contribution < -0.4 is 5.73 Å². The lowest BCUT2D eigenvalue weighted by molar-refractivity contribution is -0.383. The van der Waals surface area contributed by atoms with E-state index < -0.39 is 4.92 Å². The minimum atomic E-state index is -0.479. The number of nitro benzene ring substituents is 1. The molecule has 0 aromatic heterocycles. The summed E-state index contributed by atoms with van der Waals surface area (Å²) in [4.78, 5) is 10.1. The Hall–Kier alpha value is -1.66. The molecule has 0 bridgehead atoms. The number of hydrogen-bond donors (Lipinski definition) is 1. The lowest BCUT2D eigenvalue weighted by Gasteiger charge is -2.05. The molecule has 0 aliphatic rings. The molecule has 0 aliphatic heterocycles. The van der Waals surface area contributed by atoms with E-state index in [0.717, 1.165) is 18.4 Å². The number of methoxy groups -OCH3 is 1. The van der Waals surface area contributed by atoms with E-state index in [9.17, 15) is 10.1 Å². The molecule has 0 saturated heterocycles. The number of ether oxygens (including phenoxy) is 2. The molecule has 6 heteroatoms. The Labute approximate surface area is 106 Å². The first kappa shape index (κ1) is 14.4. The van der Waals surface area contributed by atoms with Gasteiger partial charge in [-0.05, 0) is 24.5 Å². The van der Waals surface area contributed by atoms with Gasteiger partial charge in [0.2, 0.25) is 0 Å². The fourth-order valence-corrected chi connectivity index (χ4v) is 1.55. The number of anilines is 1. The zero-order valence-electron chi connectivity index (χ0n) is 10.4.